The molecule has 3 fully saturated rings. The first-order chi connectivity index (χ1) is 19.5. The van der Waals surface area contributed by atoms with Gasteiger partial charge < -0.3 is 24.6 Å². The molecule has 10 nitrogen and oxygen atoms in total. The second-order valence-corrected chi connectivity index (χ2v) is 11.9. The van der Waals surface area contributed by atoms with Gasteiger partial charge in [0.1, 0.15) is 17.2 Å². The van der Waals surface area contributed by atoms with Crippen LogP contribution in [0.4, 0.5) is 17.5 Å². The SMILES string of the molecule is CN1C(=O)c2cc3cnc(Nc4ccc(N5CCN(C(=O)CCC6CCCC6)CC5)cn4)nc3n2C2CCCC21. The molecule has 2 saturated carbocycles. The van der Waals surface area contributed by atoms with E-state index in [1.54, 1.807) is 6.20 Å². The Morgan fingerprint density at radius 2 is 1.77 bits per heavy atom. The summed E-state index contributed by atoms with van der Waals surface area (Å²) < 4.78 is 2.14. The fourth-order valence-corrected chi connectivity index (χ4v) is 7.33. The Balaban J connectivity index is 0.992. The predicted octanol–water partition coefficient (Wildman–Crippen LogP) is 4.37. The summed E-state index contributed by atoms with van der Waals surface area (Å²) in [5.41, 5.74) is 2.55. The van der Waals surface area contributed by atoms with Crippen LogP contribution in [0.1, 0.15) is 74.3 Å². The molecule has 0 aromatic carbocycles. The number of anilines is 3. The first-order valence-electron chi connectivity index (χ1n) is 15.0. The molecule has 5 heterocycles. The summed E-state index contributed by atoms with van der Waals surface area (Å²) >= 11 is 0. The number of hydrogen-bond acceptors (Lipinski definition) is 7. The van der Waals surface area contributed by atoms with Gasteiger partial charge >= 0.3 is 0 Å². The van der Waals surface area contributed by atoms with Crippen molar-refractivity contribution in [2.45, 2.75) is 69.9 Å². The van der Waals surface area contributed by atoms with E-state index in [0.29, 0.717) is 29.8 Å². The Morgan fingerprint density at radius 3 is 2.55 bits per heavy atom. The van der Waals surface area contributed by atoms with Crippen LogP contribution in [0.25, 0.3) is 11.0 Å². The Hall–Kier alpha value is -3.69. The van der Waals surface area contributed by atoms with Crippen molar-refractivity contribution in [2.75, 3.05) is 43.4 Å². The molecule has 2 atom stereocenters. The van der Waals surface area contributed by atoms with Crippen molar-refractivity contribution in [1.29, 1.82) is 0 Å². The highest BCUT2D eigenvalue weighted by atomic mass is 16.2. The third kappa shape index (κ3) is 4.57. The van der Waals surface area contributed by atoms with Crippen LogP contribution in [-0.4, -0.2) is 80.4 Å². The number of nitrogens with zero attached hydrogens (tertiary/aromatic N) is 7. The zero-order valence-electron chi connectivity index (χ0n) is 23.3. The number of fused-ring (bicyclic) bond motifs is 5. The molecule has 3 aromatic heterocycles. The van der Waals surface area contributed by atoms with Gasteiger partial charge in [-0.05, 0) is 49.8 Å². The van der Waals surface area contributed by atoms with Crippen molar-refractivity contribution in [3.05, 3.63) is 36.3 Å². The van der Waals surface area contributed by atoms with E-state index < -0.39 is 0 Å². The Morgan fingerprint density at radius 1 is 0.975 bits per heavy atom. The quantitative estimate of drug-likeness (QED) is 0.494. The number of piperazine rings is 1. The summed E-state index contributed by atoms with van der Waals surface area (Å²) in [6, 6.07) is 6.41. The molecule has 0 radical (unpaired) electrons. The number of aromatic nitrogens is 4. The van der Waals surface area contributed by atoms with Crippen molar-refractivity contribution in [3.63, 3.8) is 0 Å². The van der Waals surface area contributed by atoms with Gasteiger partial charge in [-0.3, -0.25) is 9.59 Å². The average Bonchev–Trinajstić information content (AvgIpc) is 3.75. The lowest BCUT2D eigenvalue weighted by atomic mass is 10.0. The van der Waals surface area contributed by atoms with Crippen molar-refractivity contribution in [3.8, 4) is 0 Å². The number of hydrogen-bond donors (Lipinski definition) is 1. The molecule has 0 spiro atoms. The minimum atomic E-state index is 0.0576. The van der Waals surface area contributed by atoms with Gasteiger partial charge in [-0.2, -0.15) is 4.98 Å². The molecule has 4 aliphatic rings. The second kappa shape index (κ2) is 10.4. The summed E-state index contributed by atoms with van der Waals surface area (Å²) in [5.74, 6) is 2.27. The smallest absolute Gasteiger partial charge is 0.270 e. The molecule has 2 unspecified atom stereocenters. The molecule has 2 amide bonds. The average molecular weight is 543 g/mol. The molecule has 40 heavy (non-hydrogen) atoms. The normalized spacial score (nSPS) is 23.1. The molecule has 0 bridgehead atoms. The van der Waals surface area contributed by atoms with Crippen LogP contribution in [0.15, 0.2) is 30.6 Å². The van der Waals surface area contributed by atoms with Crippen LogP contribution in [0, 0.1) is 5.92 Å². The van der Waals surface area contributed by atoms with Crippen LogP contribution < -0.4 is 10.2 Å². The van der Waals surface area contributed by atoms with E-state index >= 15 is 0 Å². The predicted molar refractivity (Wildman–Crippen MR) is 154 cm³/mol. The minimum absolute atomic E-state index is 0.0576. The number of carbonyl (C=O) groups is 2. The van der Waals surface area contributed by atoms with Gasteiger partial charge in [-0.1, -0.05) is 25.7 Å². The summed E-state index contributed by atoms with van der Waals surface area (Å²) in [6.07, 6.45) is 13.9. The molecule has 1 N–H and O–H groups in total. The van der Waals surface area contributed by atoms with Gasteiger partial charge in [0.05, 0.1) is 24.0 Å². The topological polar surface area (TPSA) is 99.5 Å². The maximum absolute atomic E-state index is 13.0. The zero-order chi connectivity index (χ0) is 27.2. The van der Waals surface area contributed by atoms with E-state index in [2.05, 4.69) is 30.8 Å². The van der Waals surface area contributed by atoms with E-state index in [1.165, 1.54) is 25.7 Å². The Labute approximate surface area is 234 Å². The van der Waals surface area contributed by atoms with E-state index in [4.69, 9.17) is 4.98 Å². The maximum Gasteiger partial charge on any atom is 0.270 e. The van der Waals surface area contributed by atoms with Crippen molar-refractivity contribution >= 4 is 40.3 Å². The van der Waals surface area contributed by atoms with Gasteiger partial charge in [0, 0.05) is 51.2 Å². The fraction of sp³-hybridized carbons (Fsp3) is 0.567. The molecule has 10 heteroatoms. The van der Waals surface area contributed by atoms with E-state index in [0.717, 1.165) is 74.5 Å². The summed E-state index contributed by atoms with van der Waals surface area (Å²) in [4.78, 5) is 45.9. The fourth-order valence-electron chi connectivity index (χ4n) is 7.33. The van der Waals surface area contributed by atoms with Gasteiger partial charge in [0.25, 0.3) is 5.91 Å². The number of carbonyl (C=O) groups excluding carboxylic acids is 2. The van der Waals surface area contributed by atoms with Gasteiger partial charge in [0.15, 0.2) is 0 Å². The van der Waals surface area contributed by atoms with Crippen LogP contribution in [0.5, 0.6) is 0 Å². The van der Waals surface area contributed by atoms with E-state index in [-0.39, 0.29) is 18.0 Å². The summed E-state index contributed by atoms with van der Waals surface area (Å²) in [5, 5.41) is 4.13. The summed E-state index contributed by atoms with van der Waals surface area (Å²) in [6.45, 7) is 3.16. The van der Waals surface area contributed by atoms with Crippen LogP contribution in [0.2, 0.25) is 0 Å². The standard InChI is InChI=1S/C30H38N8O2/c1-35-23-7-4-8-24(23)38-25(29(35)40)17-21-18-32-30(34-28(21)38)33-26-11-10-22(19-31-26)36-13-15-37(16-14-36)27(39)12-9-20-5-2-3-6-20/h10-11,17-20,23-24H,2-9,12-16H2,1H3,(H,31,32,33,34). The van der Waals surface area contributed by atoms with Crippen molar-refractivity contribution in [2.24, 2.45) is 5.92 Å². The van der Waals surface area contributed by atoms with Gasteiger partial charge in [0.2, 0.25) is 11.9 Å². The highest BCUT2D eigenvalue weighted by Gasteiger charge is 2.41. The lowest BCUT2D eigenvalue weighted by Crippen LogP contribution is -2.48. The van der Waals surface area contributed by atoms with E-state index in [9.17, 15) is 9.59 Å². The van der Waals surface area contributed by atoms with Crippen molar-refractivity contribution < 1.29 is 9.59 Å². The Kier molecular flexibility index (Phi) is 6.56. The summed E-state index contributed by atoms with van der Waals surface area (Å²) in [7, 11) is 1.91. The first-order valence-corrected chi connectivity index (χ1v) is 15.0. The first kappa shape index (κ1) is 25.3. The minimum Gasteiger partial charge on any atom is -0.367 e. The van der Waals surface area contributed by atoms with Crippen LogP contribution in [-0.2, 0) is 4.79 Å². The third-order valence-corrected chi connectivity index (χ3v) is 9.61. The number of likely N-dealkylation sites (N-methyl/N-ethyl adjacent to an activating group) is 1. The van der Waals surface area contributed by atoms with Gasteiger partial charge in [-0.15, -0.1) is 0 Å². The number of amides is 2. The van der Waals surface area contributed by atoms with Crippen LogP contribution >= 0.6 is 0 Å². The Bertz CT molecular complexity index is 1410. The van der Waals surface area contributed by atoms with Crippen molar-refractivity contribution in [1.82, 2.24) is 29.3 Å². The van der Waals surface area contributed by atoms with Gasteiger partial charge in [-0.25, -0.2) is 9.97 Å². The highest BCUT2D eigenvalue weighted by Crippen LogP contribution is 2.41. The maximum atomic E-state index is 13.0. The monoisotopic (exact) mass is 542 g/mol. The lowest BCUT2D eigenvalue weighted by Gasteiger charge is -2.36. The number of pyridine rings is 1. The van der Waals surface area contributed by atoms with Crippen LogP contribution in [0.3, 0.4) is 0 Å². The molecule has 2 aliphatic carbocycles. The highest BCUT2D eigenvalue weighted by molar-refractivity contribution is 5.99. The molecular weight excluding hydrogens is 504 g/mol. The molecular formula is C30H38N8O2. The molecule has 7 rings (SSSR count). The zero-order valence-corrected chi connectivity index (χ0v) is 23.3. The largest absolute Gasteiger partial charge is 0.367 e. The molecule has 2 aliphatic heterocycles. The third-order valence-electron chi connectivity index (χ3n) is 9.61. The van der Waals surface area contributed by atoms with E-state index in [1.807, 2.05) is 35.2 Å². The lowest BCUT2D eigenvalue weighted by molar-refractivity contribution is -0.131. The number of rotatable bonds is 6. The molecule has 1 saturated heterocycles. The second-order valence-electron chi connectivity index (χ2n) is 11.9. The number of nitrogens with one attached hydrogen (secondary N) is 1. The molecule has 3 aromatic rings. The molecule has 210 valence electrons.